The van der Waals surface area contributed by atoms with Crippen LogP contribution in [-0.4, -0.2) is 60.9 Å². The van der Waals surface area contributed by atoms with E-state index in [9.17, 15) is 14.7 Å². The lowest BCUT2D eigenvalue weighted by molar-refractivity contribution is -0.145. The highest BCUT2D eigenvalue weighted by Crippen LogP contribution is 2.21. The highest BCUT2D eigenvalue weighted by atomic mass is 16.5. The Morgan fingerprint density at radius 3 is 2.70 bits per heavy atom. The van der Waals surface area contributed by atoms with Crippen LogP contribution < -0.4 is 0 Å². The van der Waals surface area contributed by atoms with Gasteiger partial charge >= 0.3 is 5.97 Å². The van der Waals surface area contributed by atoms with E-state index in [0.29, 0.717) is 39.2 Å². The largest absolute Gasteiger partial charge is 0.481 e. The summed E-state index contributed by atoms with van der Waals surface area (Å²) in [6, 6.07) is -0.341. The maximum atomic E-state index is 12.3. The zero-order valence-corrected chi connectivity index (χ0v) is 12.3. The van der Waals surface area contributed by atoms with E-state index in [2.05, 4.69) is 0 Å². The molecular formula is C14H25NO5. The summed E-state index contributed by atoms with van der Waals surface area (Å²) in [5.41, 5.74) is 0. The van der Waals surface area contributed by atoms with Crippen molar-refractivity contribution in [1.82, 2.24) is 4.90 Å². The van der Waals surface area contributed by atoms with Gasteiger partial charge in [-0.05, 0) is 19.8 Å². The van der Waals surface area contributed by atoms with Gasteiger partial charge in [-0.15, -0.1) is 0 Å². The van der Waals surface area contributed by atoms with Crippen molar-refractivity contribution in [3.63, 3.8) is 0 Å². The molecule has 1 amide bonds. The maximum absolute atomic E-state index is 12.3. The molecule has 1 heterocycles. The molecule has 1 aliphatic rings. The predicted octanol–water partition coefficient (Wildman–Crippen LogP) is 1.14. The molecule has 6 heteroatoms. The highest BCUT2D eigenvalue weighted by molar-refractivity contribution is 5.78. The fourth-order valence-electron chi connectivity index (χ4n) is 2.42. The zero-order valence-electron chi connectivity index (χ0n) is 12.3. The molecule has 0 aliphatic carbocycles. The fraction of sp³-hybridized carbons (Fsp3) is 0.857. The molecule has 1 aliphatic heterocycles. The number of ether oxygens (including phenoxy) is 2. The maximum Gasteiger partial charge on any atom is 0.311 e. The first-order valence-corrected chi connectivity index (χ1v) is 7.29. The summed E-state index contributed by atoms with van der Waals surface area (Å²) in [6.45, 7) is 6.17. The first-order valence-electron chi connectivity index (χ1n) is 7.29. The minimum atomic E-state index is -0.893. The van der Waals surface area contributed by atoms with Crippen molar-refractivity contribution in [3.8, 4) is 0 Å². The van der Waals surface area contributed by atoms with Crippen molar-refractivity contribution < 1.29 is 24.2 Å². The van der Waals surface area contributed by atoms with Crippen LogP contribution in [0.5, 0.6) is 0 Å². The minimum absolute atomic E-state index is 0.00620. The smallest absolute Gasteiger partial charge is 0.311 e. The van der Waals surface area contributed by atoms with Crippen molar-refractivity contribution in [2.75, 3.05) is 33.0 Å². The molecule has 6 nitrogen and oxygen atoms in total. The van der Waals surface area contributed by atoms with Crippen LogP contribution in [-0.2, 0) is 19.1 Å². The van der Waals surface area contributed by atoms with Crippen molar-refractivity contribution in [1.29, 1.82) is 0 Å². The third-order valence-corrected chi connectivity index (χ3v) is 3.44. The average Bonchev–Trinajstić information content (AvgIpc) is 2.90. The van der Waals surface area contributed by atoms with E-state index in [1.807, 2.05) is 13.8 Å². The third-order valence-electron chi connectivity index (χ3n) is 3.44. The Morgan fingerprint density at radius 1 is 1.35 bits per heavy atom. The predicted molar refractivity (Wildman–Crippen MR) is 73.5 cm³/mol. The summed E-state index contributed by atoms with van der Waals surface area (Å²) in [6.07, 6.45) is 1.86. The van der Waals surface area contributed by atoms with Gasteiger partial charge in [0.25, 0.3) is 0 Å². The summed E-state index contributed by atoms with van der Waals surface area (Å²) in [5, 5.41) is 9.19. The minimum Gasteiger partial charge on any atom is -0.481 e. The lowest BCUT2D eigenvalue weighted by Gasteiger charge is -2.30. The number of hydrogen-bond donors (Lipinski definition) is 1. The van der Waals surface area contributed by atoms with Gasteiger partial charge in [0.1, 0.15) is 5.92 Å². The van der Waals surface area contributed by atoms with Gasteiger partial charge in [-0.2, -0.15) is 0 Å². The number of amides is 1. The van der Waals surface area contributed by atoms with Gasteiger partial charge in [0, 0.05) is 26.2 Å². The van der Waals surface area contributed by atoms with Gasteiger partial charge in [0.15, 0.2) is 0 Å². The van der Waals surface area contributed by atoms with Crippen LogP contribution in [0.1, 0.15) is 33.1 Å². The van der Waals surface area contributed by atoms with E-state index < -0.39 is 11.9 Å². The Balaban J connectivity index is 2.58. The molecule has 0 aromatic heterocycles. The lowest BCUT2D eigenvalue weighted by atomic mass is 10.0. The van der Waals surface area contributed by atoms with Gasteiger partial charge in [-0.25, -0.2) is 0 Å². The van der Waals surface area contributed by atoms with Gasteiger partial charge in [-0.3, -0.25) is 9.59 Å². The second kappa shape index (κ2) is 8.92. The molecule has 0 saturated carbocycles. The van der Waals surface area contributed by atoms with E-state index in [0.717, 1.165) is 6.42 Å². The third kappa shape index (κ3) is 4.76. The molecular weight excluding hydrogens is 262 g/mol. The summed E-state index contributed by atoms with van der Waals surface area (Å²) >= 11 is 0. The van der Waals surface area contributed by atoms with Gasteiger partial charge in [0.2, 0.25) is 5.91 Å². The van der Waals surface area contributed by atoms with Crippen LogP contribution in [0.15, 0.2) is 0 Å². The number of carbonyl (C=O) groups is 2. The summed E-state index contributed by atoms with van der Waals surface area (Å²) in [7, 11) is 0. The van der Waals surface area contributed by atoms with Crippen molar-refractivity contribution in [3.05, 3.63) is 0 Å². The van der Waals surface area contributed by atoms with Gasteiger partial charge in [-0.1, -0.05) is 6.92 Å². The molecule has 0 aromatic carbocycles. The van der Waals surface area contributed by atoms with E-state index in [1.165, 1.54) is 0 Å². The van der Waals surface area contributed by atoms with E-state index in [4.69, 9.17) is 9.47 Å². The Kier molecular flexibility index (Phi) is 7.54. The van der Waals surface area contributed by atoms with Gasteiger partial charge < -0.3 is 19.5 Å². The Labute approximate surface area is 120 Å². The summed E-state index contributed by atoms with van der Waals surface area (Å²) in [4.78, 5) is 25.2. The standard InChI is InChI=1S/C14H25NO5/c1-3-7-15(13(16)6-5-8-19-4-2)12-10-20-9-11(12)14(17)18/h11-12H,3-10H2,1-2H3,(H,17,18). The number of hydrogen-bond acceptors (Lipinski definition) is 4. The number of aliphatic carboxylic acids is 1. The van der Waals surface area contributed by atoms with E-state index in [1.54, 1.807) is 4.90 Å². The lowest BCUT2D eigenvalue weighted by Crippen LogP contribution is -2.47. The molecule has 1 fully saturated rings. The molecule has 2 unspecified atom stereocenters. The number of carboxylic acids is 1. The van der Waals surface area contributed by atoms with E-state index >= 15 is 0 Å². The topological polar surface area (TPSA) is 76.1 Å². The molecule has 1 N–H and O–H groups in total. The Hall–Kier alpha value is -1.14. The van der Waals surface area contributed by atoms with E-state index in [-0.39, 0.29) is 18.6 Å². The molecule has 0 spiro atoms. The monoisotopic (exact) mass is 287 g/mol. The van der Waals surface area contributed by atoms with Crippen LogP contribution in [0.4, 0.5) is 0 Å². The highest BCUT2D eigenvalue weighted by Gasteiger charge is 2.39. The van der Waals surface area contributed by atoms with Crippen LogP contribution in [0.3, 0.4) is 0 Å². The number of rotatable bonds is 9. The SMILES string of the molecule is CCCN(C(=O)CCCOCC)C1COCC1C(=O)O. The van der Waals surface area contributed by atoms with Crippen molar-refractivity contribution in [2.45, 2.75) is 39.2 Å². The average molecular weight is 287 g/mol. The molecule has 0 bridgehead atoms. The molecule has 0 aromatic rings. The molecule has 1 saturated heterocycles. The van der Waals surface area contributed by atoms with Crippen molar-refractivity contribution in [2.24, 2.45) is 5.92 Å². The summed E-state index contributed by atoms with van der Waals surface area (Å²) < 4.78 is 10.5. The molecule has 116 valence electrons. The van der Waals surface area contributed by atoms with Crippen LogP contribution >= 0.6 is 0 Å². The molecule has 0 radical (unpaired) electrons. The van der Waals surface area contributed by atoms with Gasteiger partial charge in [0.05, 0.1) is 19.3 Å². The number of carboxylic acid groups (broad SMARTS) is 1. The quantitative estimate of drug-likeness (QED) is 0.644. The Bertz CT molecular complexity index is 321. The van der Waals surface area contributed by atoms with Crippen LogP contribution in [0.25, 0.3) is 0 Å². The van der Waals surface area contributed by atoms with Crippen molar-refractivity contribution >= 4 is 11.9 Å². The normalized spacial score (nSPS) is 21.9. The van der Waals surface area contributed by atoms with Crippen LogP contribution in [0, 0.1) is 5.92 Å². The Morgan fingerprint density at radius 2 is 2.10 bits per heavy atom. The first-order chi connectivity index (χ1) is 9.61. The number of carbonyl (C=O) groups excluding carboxylic acids is 1. The van der Waals surface area contributed by atoms with Crippen LogP contribution in [0.2, 0.25) is 0 Å². The first kappa shape index (κ1) is 16.9. The number of nitrogens with zero attached hydrogens (tertiary/aromatic N) is 1. The molecule has 20 heavy (non-hydrogen) atoms. The molecule has 1 rings (SSSR count). The summed E-state index contributed by atoms with van der Waals surface area (Å²) in [5.74, 6) is -1.51. The fourth-order valence-corrected chi connectivity index (χ4v) is 2.42. The second-order valence-electron chi connectivity index (χ2n) is 4.94. The zero-order chi connectivity index (χ0) is 15.0. The second-order valence-corrected chi connectivity index (χ2v) is 4.94. The molecule has 2 atom stereocenters.